The van der Waals surface area contributed by atoms with Gasteiger partial charge >= 0.3 is 0 Å². The lowest BCUT2D eigenvalue weighted by Gasteiger charge is -2.12. The van der Waals surface area contributed by atoms with Crippen molar-refractivity contribution in [2.45, 2.75) is 6.42 Å². The number of hydrogen-bond donors (Lipinski definition) is 2. The SMILES string of the molecule is Fc1ccc(Nc2nc(NCCc3ccccc3)c3ccccc3n2)cc1Cl. The molecule has 0 aliphatic heterocycles. The Hall–Kier alpha value is -3.18. The molecule has 0 spiro atoms. The van der Waals surface area contributed by atoms with Gasteiger partial charge in [0.15, 0.2) is 0 Å². The molecule has 4 rings (SSSR count). The molecule has 0 amide bonds. The molecule has 4 aromatic rings. The van der Waals surface area contributed by atoms with Gasteiger partial charge in [-0.2, -0.15) is 4.98 Å². The highest BCUT2D eigenvalue weighted by atomic mass is 35.5. The molecule has 2 N–H and O–H groups in total. The lowest BCUT2D eigenvalue weighted by Crippen LogP contribution is -2.09. The molecule has 140 valence electrons. The Morgan fingerprint density at radius 1 is 0.893 bits per heavy atom. The zero-order valence-corrected chi connectivity index (χ0v) is 15.7. The van der Waals surface area contributed by atoms with E-state index in [0.29, 0.717) is 11.6 Å². The molecule has 0 radical (unpaired) electrons. The van der Waals surface area contributed by atoms with Crippen LogP contribution >= 0.6 is 11.6 Å². The van der Waals surface area contributed by atoms with Crippen LogP contribution in [0.2, 0.25) is 5.02 Å². The Balaban J connectivity index is 1.58. The van der Waals surface area contributed by atoms with Crippen LogP contribution in [-0.2, 0) is 6.42 Å². The Kier molecular flexibility index (Phi) is 5.35. The van der Waals surface area contributed by atoms with Crippen LogP contribution in [-0.4, -0.2) is 16.5 Å². The fourth-order valence-electron chi connectivity index (χ4n) is 2.94. The van der Waals surface area contributed by atoms with Crippen molar-refractivity contribution in [3.63, 3.8) is 0 Å². The summed E-state index contributed by atoms with van der Waals surface area (Å²) in [6.45, 7) is 0.743. The van der Waals surface area contributed by atoms with Gasteiger partial charge in [-0.15, -0.1) is 0 Å². The van der Waals surface area contributed by atoms with Crippen molar-refractivity contribution in [1.82, 2.24) is 9.97 Å². The second-order valence-electron chi connectivity index (χ2n) is 6.33. The van der Waals surface area contributed by atoms with Gasteiger partial charge in [0.1, 0.15) is 11.6 Å². The van der Waals surface area contributed by atoms with Gasteiger partial charge in [0.25, 0.3) is 0 Å². The largest absolute Gasteiger partial charge is 0.369 e. The van der Waals surface area contributed by atoms with Crippen LogP contribution < -0.4 is 10.6 Å². The smallest absolute Gasteiger partial charge is 0.229 e. The van der Waals surface area contributed by atoms with Crippen LogP contribution in [0.5, 0.6) is 0 Å². The molecule has 28 heavy (non-hydrogen) atoms. The molecule has 0 saturated carbocycles. The summed E-state index contributed by atoms with van der Waals surface area (Å²) in [4.78, 5) is 9.16. The van der Waals surface area contributed by atoms with Gasteiger partial charge in [-0.3, -0.25) is 0 Å². The van der Waals surface area contributed by atoms with E-state index in [9.17, 15) is 4.39 Å². The lowest BCUT2D eigenvalue weighted by molar-refractivity contribution is 0.628. The topological polar surface area (TPSA) is 49.8 Å². The zero-order valence-electron chi connectivity index (χ0n) is 15.0. The van der Waals surface area contributed by atoms with E-state index in [0.717, 1.165) is 29.7 Å². The number of aromatic nitrogens is 2. The molecule has 4 nitrogen and oxygen atoms in total. The Morgan fingerprint density at radius 2 is 1.68 bits per heavy atom. The number of rotatable bonds is 6. The zero-order chi connectivity index (χ0) is 19.3. The second kappa shape index (κ2) is 8.23. The van der Waals surface area contributed by atoms with E-state index in [2.05, 4.69) is 32.7 Å². The average molecular weight is 393 g/mol. The number of benzene rings is 3. The van der Waals surface area contributed by atoms with Crippen molar-refractivity contribution >= 4 is 40.0 Å². The predicted octanol–water partition coefficient (Wildman–Crippen LogP) is 5.82. The van der Waals surface area contributed by atoms with E-state index in [1.54, 1.807) is 6.07 Å². The van der Waals surface area contributed by atoms with Crippen molar-refractivity contribution in [2.24, 2.45) is 0 Å². The van der Waals surface area contributed by atoms with E-state index in [1.807, 2.05) is 42.5 Å². The minimum atomic E-state index is -0.463. The molecular formula is C22H18ClFN4. The molecule has 6 heteroatoms. The van der Waals surface area contributed by atoms with Crippen LogP contribution in [0.4, 0.5) is 21.8 Å². The monoisotopic (exact) mass is 392 g/mol. The Morgan fingerprint density at radius 3 is 2.50 bits per heavy atom. The maximum absolute atomic E-state index is 13.4. The number of hydrogen-bond acceptors (Lipinski definition) is 4. The highest BCUT2D eigenvalue weighted by Gasteiger charge is 2.09. The summed E-state index contributed by atoms with van der Waals surface area (Å²) < 4.78 is 13.4. The van der Waals surface area contributed by atoms with E-state index in [4.69, 9.17) is 11.6 Å². The van der Waals surface area contributed by atoms with Gasteiger partial charge in [-0.05, 0) is 42.3 Å². The second-order valence-corrected chi connectivity index (χ2v) is 6.74. The van der Waals surface area contributed by atoms with Gasteiger partial charge in [0, 0.05) is 17.6 Å². The molecule has 0 aliphatic rings. The summed E-state index contributed by atoms with van der Waals surface area (Å²) in [6, 6.07) is 22.5. The first-order chi connectivity index (χ1) is 13.7. The maximum Gasteiger partial charge on any atom is 0.229 e. The van der Waals surface area contributed by atoms with E-state index in [1.165, 1.54) is 17.7 Å². The first-order valence-corrected chi connectivity index (χ1v) is 9.33. The fraction of sp³-hybridized carbons (Fsp3) is 0.0909. The molecule has 0 atom stereocenters. The Bertz CT molecular complexity index is 1100. The average Bonchev–Trinajstić information content (AvgIpc) is 2.71. The number of nitrogens with one attached hydrogen (secondary N) is 2. The van der Waals surface area contributed by atoms with Crippen LogP contribution in [0, 0.1) is 5.82 Å². The van der Waals surface area contributed by atoms with Crippen LogP contribution in [0.25, 0.3) is 10.9 Å². The number of anilines is 3. The van der Waals surface area contributed by atoms with Gasteiger partial charge in [-0.25, -0.2) is 9.37 Å². The third kappa shape index (κ3) is 4.21. The summed E-state index contributed by atoms with van der Waals surface area (Å²) in [5.74, 6) is 0.704. The molecule has 0 aliphatic carbocycles. The van der Waals surface area contributed by atoms with E-state index < -0.39 is 5.82 Å². The maximum atomic E-state index is 13.4. The summed E-state index contributed by atoms with van der Waals surface area (Å²) in [7, 11) is 0. The van der Waals surface area contributed by atoms with Crippen molar-refractivity contribution in [3.05, 3.63) is 89.2 Å². The number of fused-ring (bicyclic) bond motifs is 1. The van der Waals surface area contributed by atoms with Gasteiger partial charge in [0.2, 0.25) is 5.95 Å². The summed E-state index contributed by atoms with van der Waals surface area (Å²) in [5, 5.41) is 7.50. The van der Waals surface area contributed by atoms with E-state index >= 15 is 0 Å². The molecule has 0 bridgehead atoms. The minimum Gasteiger partial charge on any atom is -0.369 e. The van der Waals surface area contributed by atoms with Crippen LogP contribution in [0.3, 0.4) is 0 Å². The fourth-order valence-corrected chi connectivity index (χ4v) is 3.12. The number of halogens is 2. The summed E-state index contributed by atoms with van der Waals surface area (Å²) >= 11 is 5.86. The van der Waals surface area contributed by atoms with Crippen molar-refractivity contribution in [3.8, 4) is 0 Å². The number of nitrogens with zero attached hydrogens (tertiary/aromatic N) is 2. The molecule has 3 aromatic carbocycles. The predicted molar refractivity (Wildman–Crippen MR) is 113 cm³/mol. The minimum absolute atomic E-state index is 0.0481. The third-order valence-electron chi connectivity index (χ3n) is 4.33. The van der Waals surface area contributed by atoms with Crippen molar-refractivity contribution in [2.75, 3.05) is 17.2 Å². The first kappa shape index (κ1) is 18.2. The molecule has 0 fully saturated rings. The van der Waals surface area contributed by atoms with Crippen molar-refractivity contribution in [1.29, 1.82) is 0 Å². The molecule has 1 aromatic heterocycles. The lowest BCUT2D eigenvalue weighted by atomic mass is 10.1. The quantitative estimate of drug-likeness (QED) is 0.434. The van der Waals surface area contributed by atoms with E-state index in [-0.39, 0.29) is 5.02 Å². The molecule has 0 saturated heterocycles. The van der Waals surface area contributed by atoms with Gasteiger partial charge in [-0.1, -0.05) is 54.1 Å². The summed E-state index contributed by atoms with van der Waals surface area (Å²) in [6.07, 6.45) is 0.884. The normalized spacial score (nSPS) is 10.8. The third-order valence-corrected chi connectivity index (χ3v) is 4.62. The van der Waals surface area contributed by atoms with Crippen LogP contribution in [0.1, 0.15) is 5.56 Å². The van der Waals surface area contributed by atoms with Crippen molar-refractivity contribution < 1.29 is 4.39 Å². The molecule has 0 unspecified atom stereocenters. The summed E-state index contributed by atoms with van der Waals surface area (Å²) in [5.41, 5.74) is 2.69. The number of para-hydroxylation sites is 1. The van der Waals surface area contributed by atoms with Crippen LogP contribution in [0.15, 0.2) is 72.8 Å². The highest BCUT2D eigenvalue weighted by Crippen LogP contribution is 2.25. The first-order valence-electron chi connectivity index (χ1n) is 8.96. The standard InChI is InChI=1S/C22H18ClFN4/c23-18-14-16(10-11-19(18)24)26-22-27-20-9-5-4-8-17(20)21(28-22)25-13-12-15-6-2-1-3-7-15/h1-11,14H,12-13H2,(H2,25,26,27,28). The van der Waals surface area contributed by atoms with Gasteiger partial charge < -0.3 is 10.6 Å². The van der Waals surface area contributed by atoms with Gasteiger partial charge in [0.05, 0.1) is 10.5 Å². The Labute approximate surface area is 167 Å². The highest BCUT2D eigenvalue weighted by molar-refractivity contribution is 6.31. The molecule has 1 heterocycles. The molecular weight excluding hydrogens is 375 g/mol.